The molecule has 0 atom stereocenters. The van der Waals surface area contributed by atoms with Crippen molar-refractivity contribution in [3.05, 3.63) is 0 Å². The minimum absolute atomic E-state index is 0.272. The van der Waals surface area contributed by atoms with Crippen LogP contribution < -0.4 is 11.1 Å². The van der Waals surface area contributed by atoms with E-state index in [2.05, 4.69) is 5.32 Å². The third-order valence-corrected chi connectivity index (χ3v) is 1.94. The second kappa shape index (κ2) is 5.94. The molecule has 0 aliphatic rings. The molecule has 0 aliphatic carbocycles. The van der Waals surface area contributed by atoms with Gasteiger partial charge in [0.15, 0.2) is 0 Å². The Morgan fingerprint density at radius 3 is 2.62 bits per heavy atom. The van der Waals surface area contributed by atoms with Crippen LogP contribution in [0.3, 0.4) is 0 Å². The van der Waals surface area contributed by atoms with E-state index in [1.807, 2.05) is 13.8 Å². The molecular weight excluding hydrogens is 168 g/mol. The molecule has 4 nitrogen and oxygen atoms in total. The number of carbonyl (C=O) groups excluding carboxylic acids is 1. The molecule has 0 saturated heterocycles. The Labute approximate surface area is 79.8 Å². The molecule has 0 saturated carbocycles. The number of hydrogen-bond donors (Lipinski definition) is 2. The summed E-state index contributed by atoms with van der Waals surface area (Å²) < 4.78 is 4.89. The summed E-state index contributed by atoms with van der Waals surface area (Å²) >= 11 is 0. The quantitative estimate of drug-likeness (QED) is 0.558. The summed E-state index contributed by atoms with van der Waals surface area (Å²) in [5.74, 6) is -0.272. The zero-order chi connectivity index (χ0) is 10.3. The largest absolute Gasteiger partial charge is 0.385 e. The molecule has 13 heavy (non-hydrogen) atoms. The summed E-state index contributed by atoms with van der Waals surface area (Å²) in [6, 6.07) is 0. The Morgan fingerprint density at radius 2 is 2.15 bits per heavy atom. The molecule has 3 N–H and O–H groups in total. The number of primary amides is 1. The van der Waals surface area contributed by atoms with Crippen LogP contribution in [-0.2, 0) is 9.53 Å². The van der Waals surface area contributed by atoms with Crippen LogP contribution in [0.15, 0.2) is 0 Å². The smallest absolute Gasteiger partial charge is 0.224 e. The Balaban J connectivity index is 3.46. The number of methoxy groups -OCH3 is 1. The van der Waals surface area contributed by atoms with E-state index < -0.39 is 5.41 Å². The van der Waals surface area contributed by atoms with Crippen molar-refractivity contribution in [2.45, 2.75) is 20.3 Å². The number of nitrogens with two attached hydrogens (primary N) is 1. The van der Waals surface area contributed by atoms with Gasteiger partial charge in [-0.1, -0.05) is 0 Å². The standard InChI is InChI=1S/C9H20N2O2/c1-9(2,8(10)12)7-11-5-4-6-13-3/h11H,4-7H2,1-3H3,(H2,10,12). The van der Waals surface area contributed by atoms with E-state index >= 15 is 0 Å². The molecule has 0 spiro atoms. The molecule has 0 unspecified atom stereocenters. The summed E-state index contributed by atoms with van der Waals surface area (Å²) in [7, 11) is 1.67. The van der Waals surface area contributed by atoms with Crippen LogP contribution in [0.1, 0.15) is 20.3 Å². The Bertz CT molecular complexity index is 158. The fraction of sp³-hybridized carbons (Fsp3) is 0.889. The second-order valence-electron chi connectivity index (χ2n) is 3.77. The lowest BCUT2D eigenvalue weighted by Crippen LogP contribution is -2.40. The first-order chi connectivity index (χ1) is 6.00. The van der Waals surface area contributed by atoms with Crippen molar-refractivity contribution >= 4 is 5.91 Å². The van der Waals surface area contributed by atoms with E-state index in [0.29, 0.717) is 6.54 Å². The lowest BCUT2D eigenvalue weighted by Gasteiger charge is -2.20. The van der Waals surface area contributed by atoms with Crippen molar-refractivity contribution in [3.63, 3.8) is 0 Å². The Kier molecular flexibility index (Phi) is 5.66. The first-order valence-electron chi connectivity index (χ1n) is 4.50. The third-order valence-electron chi connectivity index (χ3n) is 1.94. The van der Waals surface area contributed by atoms with Crippen molar-refractivity contribution in [3.8, 4) is 0 Å². The second-order valence-corrected chi connectivity index (χ2v) is 3.77. The van der Waals surface area contributed by atoms with E-state index in [-0.39, 0.29) is 5.91 Å². The maximum Gasteiger partial charge on any atom is 0.224 e. The van der Waals surface area contributed by atoms with Crippen molar-refractivity contribution in [1.82, 2.24) is 5.32 Å². The number of ether oxygens (including phenoxy) is 1. The van der Waals surface area contributed by atoms with Gasteiger partial charge in [0.1, 0.15) is 0 Å². The highest BCUT2D eigenvalue weighted by atomic mass is 16.5. The molecule has 0 aliphatic heterocycles. The highest BCUT2D eigenvalue weighted by Gasteiger charge is 2.23. The van der Waals surface area contributed by atoms with E-state index in [4.69, 9.17) is 10.5 Å². The highest BCUT2D eigenvalue weighted by molar-refractivity contribution is 5.80. The topological polar surface area (TPSA) is 64.3 Å². The van der Waals surface area contributed by atoms with Gasteiger partial charge >= 0.3 is 0 Å². The van der Waals surface area contributed by atoms with Crippen LogP contribution in [0, 0.1) is 5.41 Å². The van der Waals surface area contributed by atoms with E-state index in [9.17, 15) is 4.79 Å². The van der Waals surface area contributed by atoms with E-state index in [1.54, 1.807) is 7.11 Å². The Morgan fingerprint density at radius 1 is 1.54 bits per heavy atom. The van der Waals surface area contributed by atoms with E-state index in [1.165, 1.54) is 0 Å². The fourth-order valence-electron chi connectivity index (χ4n) is 0.830. The molecule has 0 aromatic rings. The third kappa shape index (κ3) is 5.60. The van der Waals surface area contributed by atoms with Crippen LogP contribution >= 0.6 is 0 Å². The molecule has 0 aromatic carbocycles. The number of nitrogens with one attached hydrogen (secondary N) is 1. The van der Waals surface area contributed by atoms with Gasteiger partial charge < -0.3 is 15.8 Å². The molecule has 1 amide bonds. The van der Waals surface area contributed by atoms with E-state index in [0.717, 1.165) is 19.6 Å². The van der Waals surface area contributed by atoms with Crippen LogP contribution in [0.2, 0.25) is 0 Å². The van der Waals surface area contributed by atoms with Gasteiger partial charge in [0.05, 0.1) is 5.41 Å². The minimum atomic E-state index is -0.465. The van der Waals surface area contributed by atoms with Crippen LogP contribution in [0.25, 0.3) is 0 Å². The summed E-state index contributed by atoms with van der Waals surface area (Å²) in [6.07, 6.45) is 0.950. The fourth-order valence-corrected chi connectivity index (χ4v) is 0.830. The summed E-state index contributed by atoms with van der Waals surface area (Å²) in [5, 5.41) is 3.16. The Hall–Kier alpha value is -0.610. The number of rotatable bonds is 7. The molecule has 0 heterocycles. The maximum absolute atomic E-state index is 10.9. The van der Waals surface area contributed by atoms with Gasteiger partial charge in [-0.2, -0.15) is 0 Å². The summed E-state index contributed by atoms with van der Waals surface area (Å²) in [6.45, 7) is 5.87. The monoisotopic (exact) mass is 188 g/mol. The van der Waals surface area contributed by atoms with Crippen LogP contribution in [0.5, 0.6) is 0 Å². The van der Waals surface area contributed by atoms with Crippen molar-refractivity contribution < 1.29 is 9.53 Å². The predicted octanol–water partition coefficient (Wildman–Crippen LogP) is 0.124. The lowest BCUT2D eigenvalue weighted by molar-refractivity contribution is -0.125. The predicted molar refractivity (Wildman–Crippen MR) is 52.3 cm³/mol. The van der Waals surface area contributed by atoms with Gasteiger partial charge in [-0.25, -0.2) is 0 Å². The number of amides is 1. The van der Waals surface area contributed by atoms with Crippen molar-refractivity contribution in [2.24, 2.45) is 11.1 Å². The summed E-state index contributed by atoms with van der Waals surface area (Å²) in [4.78, 5) is 10.9. The molecule has 4 heteroatoms. The lowest BCUT2D eigenvalue weighted by atomic mass is 9.93. The average molecular weight is 188 g/mol. The van der Waals surface area contributed by atoms with Crippen molar-refractivity contribution in [2.75, 3.05) is 26.8 Å². The molecule has 0 aromatic heterocycles. The number of carbonyl (C=O) groups is 1. The van der Waals surface area contributed by atoms with Gasteiger partial charge in [0.2, 0.25) is 5.91 Å². The van der Waals surface area contributed by atoms with Crippen LogP contribution in [0.4, 0.5) is 0 Å². The van der Waals surface area contributed by atoms with Gasteiger partial charge in [-0.3, -0.25) is 4.79 Å². The van der Waals surface area contributed by atoms with Gasteiger partial charge in [0.25, 0.3) is 0 Å². The molecule has 78 valence electrons. The normalized spacial score (nSPS) is 11.6. The van der Waals surface area contributed by atoms with Crippen molar-refractivity contribution in [1.29, 1.82) is 0 Å². The first-order valence-corrected chi connectivity index (χ1v) is 4.50. The molecular formula is C9H20N2O2. The highest BCUT2D eigenvalue weighted by Crippen LogP contribution is 2.11. The maximum atomic E-state index is 10.9. The molecule has 0 radical (unpaired) electrons. The van der Waals surface area contributed by atoms with Gasteiger partial charge in [-0.05, 0) is 26.8 Å². The first kappa shape index (κ1) is 12.4. The molecule has 0 bridgehead atoms. The zero-order valence-electron chi connectivity index (χ0n) is 8.72. The number of hydrogen-bond acceptors (Lipinski definition) is 3. The average Bonchev–Trinajstić information content (AvgIpc) is 2.03. The molecule has 0 rings (SSSR count). The van der Waals surface area contributed by atoms with Gasteiger partial charge in [-0.15, -0.1) is 0 Å². The zero-order valence-corrected chi connectivity index (χ0v) is 8.72. The van der Waals surface area contributed by atoms with Crippen LogP contribution in [-0.4, -0.2) is 32.7 Å². The SMILES string of the molecule is COCCCNCC(C)(C)C(N)=O. The minimum Gasteiger partial charge on any atom is -0.385 e. The van der Waals surface area contributed by atoms with Gasteiger partial charge in [0, 0.05) is 20.3 Å². The summed E-state index contributed by atoms with van der Waals surface area (Å²) in [5.41, 5.74) is 4.74. The molecule has 0 fully saturated rings.